The average molecular weight is 472 g/mol. The van der Waals surface area contributed by atoms with Crippen LogP contribution in [0.5, 0.6) is 0 Å². The molecule has 34 heavy (non-hydrogen) atoms. The summed E-state index contributed by atoms with van der Waals surface area (Å²) in [6.07, 6.45) is -2.02. The minimum absolute atomic E-state index is 0.0130. The van der Waals surface area contributed by atoms with Gasteiger partial charge in [-0.2, -0.15) is 0 Å². The Morgan fingerprint density at radius 2 is 2.00 bits per heavy atom. The van der Waals surface area contributed by atoms with Crippen LogP contribution < -0.4 is 16.4 Å². The van der Waals surface area contributed by atoms with Gasteiger partial charge in [0.2, 0.25) is 5.91 Å². The maximum atomic E-state index is 12.8. The molecule has 4 rings (SSSR count). The fourth-order valence-corrected chi connectivity index (χ4v) is 3.97. The van der Waals surface area contributed by atoms with Crippen LogP contribution in [0, 0.1) is 0 Å². The van der Waals surface area contributed by atoms with Crippen molar-refractivity contribution in [3.8, 4) is 0 Å². The van der Waals surface area contributed by atoms with Gasteiger partial charge in [-0.15, -0.1) is 0 Å². The number of nitrogen functional groups attached to an aromatic ring is 1. The summed E-state index contributed by atoms with van der Waals surface area (Å²) < 4.78 is 13.2. The lowest BCUT2D eigenvalue weighted by Crippen LogP contribution is -2.52. The molecule has 1 saturated heterocycles. The van der Waals surface area contributed by atoms with Gasteiger partial charge >= 0.3 is 0 Å². The molecule has 0 radical (unpaired) electrons. The number of fused-ring (bicyclic) bond motifs is 1. The number of likely N-dealkylation sites (N-methyl/N-ethyl adjacent to an activating group) is 1. The van der Waals surface area contributed by atoms with Crippen molar-refractivity contribution in [1.82, 2.24) is 30.2 Å². The fraction of sp³-hybridized carbons (Fsp3) is 0.455. The predicted molar refractivity (Wildman–Crippen MR) is 122 cm³/mol. The van der Waals surface area contributed by atoms with Crippen LogP contribution in [-0.2, 0) is 20.9 Å². The second-order valence-electron chi connectivity index (χ2n) is 8.14. The van der Waals surface area contributed by atoms with Crippen LogP contribution in [0.4, 0.5) is 5.82 Å². The molecule has 0 spiro atoms. The number of aliphatic hydroxyl groups excluding tert-OH is 2. The number of rotatable bonds is 9. The summed E-state index contributed by atoms with van der Waals surface area (Å²) in [7, 11) is 1.67. The fourth-order valence-electron chi connectivity index (χ4n) is 3.97. The van der Waals surface area contributed by atoms with Crippen molar-refractivity contribution < 1.29 is 24.5 Å². The molecule has 1 aliphatic rings. The van der Waals surface area contributed by atoms with E-state index < -0.39 is 36.7 Å². The molecule has 0 saturated carbocycles. The summed E-state index contributed by atoms with van der Waals surface area (Å²) in [5.41, 5.74) is 7.56. The van der Waals surface area contributed by atoms with Gasteiger partial charge in [0, 0.05) is 6.54 Å². The summed E-state index contributed by atoms with van der Waals surface area (Å²) in [6, 6.07) is 9.05. The van der Waals surface area contributed by atoms with Gasteiger partial charge in [0.25, 0.3) is 0 Å². The van der Waals surface area contributed by atoms with E-state index in [1.54, 1.807) is 7.05 Å². The minimum Gasteiger partial charge on any atom is -0.387 e. The number of hydrogen-bond donors (Lipinski definition) is 5. The summed E-state index contributed by atoms with van der Waals surface area (Å²) in [5, 5.41) is 26.8. The second-order valence-corrected chi connectivity index (χ2v) is 8.14. The zero-order valence-corrected chi connectivity index (χ0v) is 18.9. The number of nitrogens with zero attached hydrogens (tertiary/aromatic N) is 4. The number of anilines is 1. The lowest BCUT2D eigenvalue weighted by atomic mass is 10.1. The maximum Gasteiger partial charge on any atom is 0.239 e. The molecular formula is C22H29N7O5. The van der Waals surface area contributed by atoms with Crippen LogP contribution in [-0.4, -0.2) is 79.7 Å². The van der Waals surface area contributed by atoms with Crippen molar-refractivity contribution in [3.05, 3.63) is 48.5 Å². The number of carbonyl (C=O) groups excluding carboxylic acids is 1. The molecule has 1 amide bonds. The molecule has 182 valence electrons. The van der Waals surface area contributed by atoms with Gasteiger partial charge in [-0.1, -0.05) is 30.3 Å². The van der Waals surface area contributed by atoms with E-state index in [9.17, 15) is 15.0 Å². The van der Waals surface area contributed by atoms with Gasteiger partial charge in [0.1, 0.15) is 36.2 Å². The molecule has 0 unspecified atom stereocenters. The highest BCUT2D eigenvalue weighted by atomic mass is 16.6. The number of nitrogens with two attached hydrogens (primary N) is 1. The molecule has 1 aromatic carbocycles. The molecule has 1 aliphatic heterocycles. The Morgan fingerprint density at radius 1 is 1.24 bits per heavy atom. The van der Waals surface area contributed by atoms with E-state index in [4.69, 9.17) is 15.2 Å². The highest BCUT2D eigenvalue weighted by Gasteiger charge is 2.44. The van der Waals surface area contributed by atoms with E-state index in [0.717, 1.165) is 5.56 Å². The normalized spacial score (nSPS) is 24.2. The molecule has 6 N–H and O–H groups in total. The molecule has 0 aliphatic carbocycles. The number of amides is 1. The molecule has 6 atom stereocenters. The smallest absolute Gasteiger partial charge is 0.239 e. The first kappa shape index (κ1) is 24.0. The highest BCUT2D eigenvalue weighted by Crippen LogP contribution is 2.31. The Hall–Kier alpha value is -3.16. The number of aliphatic hydroxyl groups is 2. The lowest BCUT2D eigenvalue weighted by Gasteiger charge is -2.24. The zero-order chi connectivity index (χ0) is 24.2. The van der Waals surface area contributed by atoms with Crippen LogP contribution in [0.1, 0.15) is 18.7 Å². The van der Waals surface area contributed by atoms with Crippen LogP contribution in [0.3, 0.4) is 0 Å². The zero-order valence-electron chi connectivity index (χ0n) is 18.9. The molecule has 2 aromatic heterocycles. The van der Waals surface area contributed by atoms with Gasteiger partial charge < -0.3 is 36.1 Å². The Balaban J connectivity index is 1.35. The Kier molecular flexibility index (Phi) is 7.34. The quantitative estimate of drug-likeness (QED) is 0.270. The summed E-state index contributed by atoms with van der Waals surface area (Å²) in [5.74, 6) is -0.118. The molecule has 12 heteroatoms. The van der Waals surface area contributed by atoms with Crippen LogP contribution in [0.25, 0.3) is 11.2 Å². The van der Waals surface area contributed by atoms with Gasteiger partial charge in [-0.25, -0.2) is 15.0 Å². The SMILES string of the molecule is CN[C@H](C(=O)NC[C@H]1O[C@@H](n2cnc3c(N)ncnc32)[C@H](O)[C@@H]1O)[C@@H](C)OCc1ccccc1. The first-order valence-corrected chi connectivity index (χ1v) is 11.0. The first-order chi connectivity index (χ1) is 16.4. The van der Waals surface area contributed by atoms with Gasteiger partial charge in [-0.3, -0.25) is 9.36 Å². The average Bonchev–Trinajstić information content (AvgIpc) is 3.39. The van der Waals surface area contributed by atoms with Crippen LogP contribution >= 0.6 is 0 Å². The predicted octanol–water partition coefficient (Wildman–Crippen LogP) is -0.663. The molecular weight excluding hydrogens is 442 g/mol. The topological polar surface area (TPSA) is 170 Å². The van der Waals surface area contributed by atoms with Crippen molar-refractivity contribution in [2.75, 3.05) is 19.3 Å². The summed E-state index contributed by atoms with van der Waals surface area (Å²) >= 11 is 0. The first-order valence-electron chi connectivity index (χ1n) is 11.0. The van der Waals surface area contributed by atoms with E-state index in [1.807, 2.05) is 37.3 Å². The van der Waals surface area contributed by atoms with Crippen molar-refractivity contribution in [1.29, 1.82) is 0 Å². The highest BCUT2D eigenvalue weighted by molar-refractivity contribution is 5.82. The number of nitrogens with one attached hydrogen (secondary N) is 2. The maximum absolute atomic E-state index is 12.8. The van der Waals surface area contributed by atoms with Crippen LogP contribution in [0.2, 0.25) is 0 Å². The van der Waals surface area contributed by atoms with Crippen molar-refractivity contribution >= 4 is 22.9 Å². The third-order valence-corrected chi connectivity index (χ3v) is 5.89. The third kappa shape index (κ3) is 4.86. The van der Waals surface area contributed by atoms with Crippen molar-refractivity contribution in [2.24, 2.45) is 0 Å². The van der Waals surface area contributed by atoms with Crippen molar-refractivity contribution in [3.63, 3.8) is 0 Å². The Morgan fingerprint density at radius 3 is 2.74 bits per heavy atom. The largest absolute Gasteiger partial charge is 0.387 e. The lowest BCUT2D eigenvalue weighted by molar-refractivity contribution is -0.128. The molecule has 12 nitrogen and oxygen atoms in total. The number of hydrogen-bond acceptors (Lipinski definition) is 10. The van der Waals surface area contributed by atoms with E-state index in [0.29, 0.717) is 17.8 Å². The third-order valence-electron chi connectivity index (χ3n) is 5.89. The second kappa shape index (κ2) is 10.4. The van der Waals surface area contributed by atoms with Crippen LogP contribution in [0.15, 0.2) is 43.0 Å². The Labute approximate surface area is 196 Å². The molecule has 3 aromatic rings. The van der Waals surface area contributed by atoms with Crippen molar-refractivity contribution in [2.45, 2.75) is 50.2 Å². The molecule has 0 bridgehead atoms. The number of benzene rings is 1. The number of aromatic nitrogens is 4. The summed E-state index contributed by atoms with van der Waals surface area (Å²) in [4.78, 5) is 25.0. The Bertz CT molecular complexity index is 1110. The van der Waals surface area contributed by atoms with Gasteiger partial charge in [-0.05, 0) is 19.5 Å². The number of carbonyl (C=O) groups is 1. The monoisotopic (exact) mass is 471 g/mol. The van der Waals surface area contributed by atoms with E-state index in [-0.39, 0.29) is 18.3 Å². The van der Waals surface area contributed by atoms with E-state index in [1.165, 1.54) is 17.2 Å². The molecule has 3 heterocycles. The number of imidazole rings is 1. The standard InChI is InChI=1S/C22H29N7O5/c1-12(33-9-13-6-4-3-5-7-13)15(24-2)21(32)25-8-14-17(30)18(31)22(34-14)29-11-28-16-19(23)26-10-27-20(16)29/h3-7,10-12,14-15,17-18,22,24,30-31H,8-9H2,1-2H3,(H,25,32)(H2,23,26,27)/t12-,14-,15+,17-,18-,22-/m1/s1. The van der Waals surface area contributed by atoms with E-state index >= 15 is 0 Å². The molecule has 1 fully saturated rings. The number of ether oxygens (including phenoxy) is 2. The van der Waals surface area contributed by atoms with E-state index in [2.05, 4.69) is 25.6 Å². The minimum atomic E-state index is -1.26. The summed E-state index contributed by atoms with van der Waals surface area (Å²) in [6.45, 7) is 2.17. The van der Waals surface area contributed by atoms with Gasteiger partial charge in [0.15, 0.2) is 17.7 Å². The van der Waals surface area contributed by atoms with Gasteiger partial charge in [0.05, 0.1) is 19.0 Å².